The largest absolute Gasteiger partial charge is 0.338 e. The first kappa shape index (κ1) is 12.0. The van der Waals surface area contributed by atoms with E-state index >= 15 is 0 Å². The van der Waals surface area contributed by atoms with Crippen molar-refractivity contribution >= 4 is 5.95 Å². The lowest BCUT2D eigenvalue weighted by atomic mass is 10.0. The molecule has 1 aromatic heterocycles. The molecule has 3 rings (SSSR count). The molecule has 2 saturated heterocycles. The maximum absolute atomic E-state index is 5.45. The SMILES string of the molecule is CC1CCNC1c1nc(N2CCCCCC2)no1. The summed E-state index contributed by atoms with van der Waals surface area (Å²) in [6.07, 6.45) is 6.31. The fourth-order valence-electron chi connectivity index (χ4n) is 2.92. The molecule has 5 nitrogen and oxygen atoms in total. The van der Waals surface area contributed by atoms with Crippen LogP contribution in [0.5, 0.6) is 0 Å². The Morgan fingerprint density at radius 3 is 2.67 bits per heavy atom. The minimum Gasteiger partial charge on any atom is -0.338 e. The Morgan fingerprint density at radius 2 is 2.00 bits per heavy atom. The van der Waals surface area contributed by atoms with Crippen LogP contribution in [0.1, 0.15) is 51.0 Å². The lowest BCUT2D eigenvalue weighted by Gasteiger charge is -2.16. The van der Waals surface area contributed by atoms with Crippen molar-refractivity contribution in [2.45, 2.75) is 45.1 Å². The Balaban J connectivity index is 1.72. The molecule has 100 valence electrons. The molecule has 3 heterocycles. The number of aromatic nitrogens is 2. The molecule has 0 amide bonds. The van der Waals surface area contributed by atoms with Crippen LogP contribution in [0.2, 0.25) is 0 Å². The number of hydrogen-bond donors (Lipinski definition) is 1. The van der Waals surface area contributed by atoms with E-state index in [0.29, 0.717) is 5.92 Å². The van der Waals surface area contributed by atoms with E-state index in [0.717, 1.165) is 31.5 Å². The van der Waals surface area contributed by atoms with Gasteiger partial charge in [-0.2, -0.15) is 4.98 Å². The molecule has 0 aliphatic carbocycles. The first-order valence-electron chi connectivity index (χ1n) is 7.16. The first-order valence-corrected chi connectivity index (χ1v) is 7.16. The summed E-state index contributed by atoms with van der Waals surface area (Å²) < 4.78 is 5.45. The number of rotatable bonds is 2. The highest BCUT2D eigenvalue weighted by Crippen LogP contribution is 2.29. The van der Waals surface area contributed by atoms with Gasteiger partial charge in [0, 0.05) is 13.1 Å². The summed E-state index contributed by atoms with van der Waals surface area (Å²) >= 11 is 0. The van der Waals surface area contributed by atoms with Gasteiger partial charge in [-0.15, -0.1) is 0 Å². The van der Waals surface area contributed by atoms with Crippen LogP contribution in [0, 0.1) is 5.92 Å². The van der Waals surface area contributed by atoms with Crippen LogP contribution < -0.4 is 10.2 Å². The zero-order valence-electron chi connectivity index (χ0n) is 11.1. The predicted molar refractivity (Wildman–Crippen MR) is 69.5 cm³/mol. The molecule has 5 heteroatoms. The van der Waals surface area contributed by atoms with E-state index in [9.17, 15) is 0 Å². The van der Waals surface area contributed by atoms with E-state index in [1.54, 1.807) is 0 Å². The van der Waals surface area contributed by atoms with Gasteiger partial charge in [0.15, 0.2) is 0 Å². The number of nitrogens with zero attached hydrogens (tertiary/aromatic N) is 3. The summed E-state index contributed by atoms with van der Waals surface area (Å²) in [7, 11) is 0. The Labute approximate surface area is 108 Å². The minimum absolute atomic E-state index is 0.248. The third-order valence-electron chi connectivity index (χ3n) is 4.12. The van der Waals surface area contributed by atoms with Gasteiger partial charge in [0.1, 0.15) is 0 Å². The highest BCUT2D eigenvalue weighted by Gasteiger charge is 2.30. The van der Waals surface area contributed by atoms with E-state index in [2.05, 4.69) is 27.3 Å². The number of anilines is 1. The van der Waals surface area contributed by atoms with Crippen LogP contribution in [0.3, 0.4) is 0 Å². The fraction of sp³-hybridized carbons (Fsp3) is 0.846. The average Bonchev–Trinajstić information content (AvgIpc) is 2.91. The van der Waals surface area contributed by atoms with Crippen LogP contribution in [0.15, 0.2) is 4.52 Å². The van der Waals surface area contributed by atoms with E-state index in [-0.39, 0.29) is 6.04 Å². The molecule has 0 spiro atoms. The van der Waals surface area contributed by atoms with E-state index in [1.165, 1.54) is 32.1 Å². The van der Waals surface area contributed by atoms with Gasteiger partial charge in [-0.3, -0.25) is 0 Å². The van der Waals surface area contributed by atoms with Crippen molar-refractivity contribution in [2.24, 2.45) is 5.92 Å². The van der Waals surface area contributed by atoms with Crippen molar-refractivity contribution < 1.29 is 4.52 Å². The average molecular weight is 250 g/mol. The highest BCUT2D eigenvalue weighted by molar-refractivity contribution is 5.28. The van der Waals surface area contributed by atoms with Gasteiger partial charge in [0.2, 0.25) is 5.89 Å². The van der Waals surface area contributed by atoms with Crippen molar-refractivity contribution in [2.75, 3.05) is 24.5 Å². The van der Waals surface area contributed by atoms with Crippen molar-refractivity contribution in [1.29, 1.82) is 0 Å². The van der Waals surface area contributed by atoms with Gasteiger partial charge in [0.05, 0.1) is 6.04 Å². The topological polar surface area (TPSA) is 54.2 Å². The second-order valence-electron chi connectivity index (χ2n) is 5.53. The molecule has 0 aromatic carbocycles. The summed E-state index contributed by atoms with van der Waals surface area (Å²) in [4.78, 5) is 6.86. The second-order valence-corrected chi connectivity index (χ2v) is 5.53. The predicted octanol–water partition coefficient (Wildman–Crippen LogP) is 2.12. The van der Waals surface area contributed by atoms with Gasteiger partial charge in [0.25, 0.3) is 5.95 Å². The van der Waals surface area contributed by atoms with E-state index in [1.807, 2.05) is 0 Å². The quantitative estimate of drug-likeness (QED) is 0.871. The van der Waals surface area contributed by atoms with Gasteiger partial charge >= 0.3 is 0 Å². The molecular formula is C13H22N4O. The minimum atomic E-state index is 0.248. The maximum Gasteiger partial charge on any atom is 0.266 e. The van der Waals surface area contributed by atoms with Crippen molar-refractivity contribution in [1.82, 2.24) is 15.5 Å². The molecule has 2 aliphatic rings. The summed E-state index contributed by atoms with van der Waals surface area (Å²) in [6, 6.07) is 0.248. The Hall–Kier alpha value is -1.10. The van der Waals surface area contributed by atoms with Crippen LogP contribution in [-0.2, 0) is 0 Å². The first-order chi connectivity index (χ1) is 8.84. The normalized spacial score (nSPS) is 29.5. The van der Waals surface area contributed by atoms with E-state index < -0.39 is 0 Å². The zero-order chi connectivity index (χ0) is 12.4. The Morgan fingerprint density at radius 1 is 1.22 bits per heavy atom. The van der Waals surface area contributed by atoms with Gasteiger partial charge < -0.3 is 14.7 Å². The maximum atomic E-state index is 5.45. The van der Waals surface area contributed by atoms with Gasteiger partial charge in [-0.1, -0.05) is 19.8 Å². The highest BCUT2D eigenvalue weighted by atomic mass is 16.5. The molecule has 1 aromatic rings. The van der Waals surface area contributed by atoms with Gasteiger partial charge in [-0.25, -0.2) is 0 Å². The lowest BCUT2D eigenvalue weighted by Crippen LogP contribution is -2.25. The van der Waals surface area contributed by atoms with Crippen molar-refractivity contribution in [3.05, 3.63) is 5.89 Å². The third-order valence-corrected chi connectivity index (χ3v) is 4.12. The second kappa shape index (κ2) is 5.26. The van der Waals surface area contributed by atoms with Crippen LogP contribution in [-0.4, -0.2) is 29.8 Å². The third kappa shape index (κ3) is 2.36. The molecular weight excluding hydrogens is 228 g/mol. The standard InChI is InChI=1S/C13H22N4O/c1-10-6-7-14-11(10)12-15-13(16-18-12)17-8-4-2-3-5-9-17/h10-11,14H,2-9H2,1H3. The Bertz CT molecular complexity index is 384. The molecule has 0 radical (unpaired) electrons. The van der Waals surface area contributed by atoms with Crippen molar-refractivity contribution in [3.8, 4) is 0 Å². The van der Waals surface area contributed by atoms with Crippen LogP contribution in [0.25, 0.3) is 0 Å². The van der Waals surface area contributed by atoms with Gasteiger partial charge in [-0.05, 0) is 36.9 Å². The van der Waals surface area contributed by atoms with E-state index in [4.69, 9.17) is 4.52 Å². The summed E-state index contributed by atoms with van der Waals surface area (Å²) in [5.74, 6) is 2.13. The molecule has 2 aliphatic heterocycles. The summed E-state index contributed by atoms with van der Waals surface area (Å²) in [5.41, 5.74) is 0. The summed E-state index contributed by atoms with van der Waals surface area (Å²) in [6.45, 7) is 5.41. The smallest absolute Gasteiger partial charge is 0.266 e. The monoisotopic (exact) mass is 250 g/mol. The number of nitrogens with one attached hydrogen (secondary N) is 1. The molecule has 18 heavy (non-hydrogen) atoms. The fourth-order valence-corrected chi connectivity index (χ4v) is 2.92. The summed E-state index contributed by atoms with van der Waals surface area (Å²) in [5, 5.41) is 7.60. The molecule has 2 fully saturated rings. The number of hydrogen-bond acceptors (Lipinski definition) is 5. The molecule has 2 unspecified atom stereocenters. The van der Waals surface area contributed by atoms with Crippen LogP contribution >= 0.6 is 0 Å². The molecule has 0 saturated carbocycles. The Kier molecular flexibility index (Phi) is 3.50. The lowest BCUT2D eigenvalue weighted by molar-refractivity contribution is 0.318. The van der Waals surface area contributed by atoms with Crippen LogP contribution in [0.4, 0.5) is 5.95 Å². The molecule has 0 bridgehead atoms. The molecule has 2 atom stereocenters. The zero-order valence-corrected chi connectivity index (χ0v) is 11.1. The molecule has 1 N–H and O–H groups in total. The van der Waals surface area contributed by atoms with Crippen molar-refractivity contribution in [3.63, 3.8) is 0 Å².